The van der Waals surface area contributed by atoms with Crippen molar-refractivity contribution in [3.05, 3.63) is 0 Å². The van der Waals surface area contributed by atoms with E-state index in [2.05, 4.69) is 21.2 Å². The first-order chi connectivity index (χ1) is 4.87. The summed E-state index contributed by atoms with van der Waals surface area (Å²) in [4.78, 5) is 11.2. The summed E-state index contributed by atoms with van der Waals surface area (Å²) in [5.41, 5.74) is -0.127. The third-order valence-corrected chi connectivity index (χ3v) is 2.20. The van der Waals surface area contributed by atoms with E-state index in [0.717, 1.165) is 6.42 Å². The Morgan fingerprint density at radius 1 is 1.55 bits per heavy atom. The van der Waals surface area contributed by atoms with Crippen molar-refractivity contribution < 1.29 is 4.79 Å². The number of nitrogens with one attached hydrogen (secondary N) is 1. The van der Waals surface area contributed by atoms with Crippen molar-refractivity contribution >= 4 is 21.8 Å². The summed E-state index contributed by atoms with van der Waals surface area (Å²) in [6.45, 7) is 7.89. The molecule has 0 aliphatic rings. The number of amides is 1. The summed E-state index contributed by atoms with van der Waals surface area (Å²) < 4.78 is 0. The molecule has 0 aromatic carbocycles. The number of carbonyl (C=O) groups excluding carboxylic acids is 1. The predicted molar refractivity (Wildman–Crippen MR) is 50.9 cm³/mol. The van der Waals surface area contributed by atoms with Crippen LogP contribution in [0.5, 0.6) is 0 Å². The summed E-state index contributed by atoms with van der Waals surface area (Å²) in [7, 11) is 0. The quantitative estimate of drug-likeness (QED) is 0.712. The minimum atomic E-state index is -0.127. The third kappa shape index (κ3) is 5.24. The van der Waals surface area contributed by atoms with Crippen LogP contribution in [0.15, 0.2) is 0 Å². The van der Waals surface area contributed by atoms with Crippen molar-refractivity contribution in [1.82, 2.24) is 5.32 Å². The van der Waals surface area contributed by atoms with Crippen molar-refractivity contribution in [3.8, 4) is 0 Å². The normalized spacial score (nSPS) is 14.3. The van der Waals surface area contributed by atoms with Crippen molar-refractivity contribution in [2.24, 2.45) is 0 Å². The first kappa shape index (κ1) is 11.0. The molecule has 66 valence electrons. The number of rotatable bonds is 2. The fraction of sp³-hybridized carbons (Fsp3) is 0.875. The molecule has 1 N–H and O–H groups in total. The maximum Gasteiger partial charge on any atom is 0.234 e. The van der Waals surface area contributed by atoms with E-state index in [1.807, 2.05) is 27.7 Å². The highest BCUT2D eigenvalue weighted by Gasteiger charge is 2.18. The molecule has 0 radical (unpaired) electrons. The Kier molecular flexibility index (Phi) is 4.08. The zero-order valence-electron chi connectivity index (χ0n) is 7.57. The van der Waals surface area contributed by atoms with Crippen molar-refractivity contribution in [2.75, 3.05) is 0 Å². The van der Waals surface area contributed by atoms with Gasteiger partial charge in [0.1, 0.15) is 0 Å². The molecule has 0 saturated carbocycles. The molecule has 0 unspecified atom stereocenters. The zero-order valence-corrected chi connectivity index (χ0v) is 9.16. The molecule has 0 rings (SSSR count). The number of halogens is 1. The minimum Gasteiger partial charge on any atom is -0.351 e. The van der Waals surface area contributed by atoms with Crippen molar-refractivity contribution in [1.29, 1.82) is 0 Å². The van der Waals surface area contributed by atoms with Gasteiger partial charge < -0.3 is 5.32 Å². The van der Waals surface area contributed by atoms with Crippen LogP contribution in [0.2, 0.25) is 0 Å². The van der Waals surface area contributed by atoms with Crippen LogP contribution in [0.4, 0.5) is 0 Å². The molecule has 1 amide bonds. The number of carbonyl (C=O) groups is 1. The lowest BCUT2D eigenvalue weighted by Gasteiger charge is -2.22. The molecule has 0 aromatic rings. The van der Waals surface area contributed by atoms with Crippen LogP contribution in [0.1, 0.15) is 34.1 Å². The highest BCUT2D eigenvalue weighted by atomic mass is 79.9. The van der Waals surface area contributed by atoms with Crippen LogP contribution in [0, 0.1) is 0 Å². The molecule has 0 aliphatic heterocycles. The van der Waals surface area contributed by atoms with Crippen LogP contribution in [0.25, 0.3) is 0 Å². The van der Waals surface area contributed by atoms with Crippen LogP contribution in [-0.4, -0.2) is 16.3 Å². The monoisotopic (exact) mass is 221 g/mol. The Labute approximate surface area is 76.9 Å². The lowest BCUT2D eigenvalue weighted by atomic mass is 10.1. The van der Waals surface area contributed by atoms with Gasteiger partial charge in [0.15, 0.2) is 0 Å². The fourth-order valence-corrected chi connectivity index (χ4v) is 0.748. The zero-order chi connectivity index (χ0) is 9.07. The average Bonchev–Trinajstić information content (AvgIpc) is 1.82. The molecule has 0 saturated heterocycles. The molecule has 0 fully saturated rings. The predicted octanol–water partition coefficient (Wildman–Crippen LogP) is 2.07. The summed E-state index contributed by atoms with van der Waals surface area (Å²) >= 11 is 3.28. The number of hydrogen-bond donors (Lipinski definition) is 1. The molecule has 0 bridgehead atoms. The molecule has 0 aromatic heterocycles. The topological polar surface area (TPSA) is 29.1 Å². The van der Waals surface area contributed by atoms with Gasteiger partial charge >= 0.3 is 0 Å². The molecule has 3 heteroatoms. The minimum absolute atomic E-state index is 0.0540. The Bertz CT molecular complexity index is 140. The van der Waals surface area contributed by atoms with Gasteiger partial charge in [0, 0.05) is 5.54 Å². The Morgan fingerprint density at radius 2 is 2.00 bits per heavy atom. The Morgan fingerprint density at radius 3 is 2.27 bits per heavy atom. The second kappa shape index (κ2) is 4.10. The largest absolute Gasteiger partial charge is 0.351 e. The van der Waals surface area contributed by atoms with E-state index in [1.54, 1.807) is 0 Å². The molecule has 1 atom stereocenters. The average molecular weight is 222 g/mol. The van der Waals surface area contributed by atoms with E-state index in [0.29, 0.717) is 0 Å². The van der Waals surface area contributed by atoms with Gasteiger partial charge in [0.05, 0.1) is 4.83 Å². The van der Waals surface area contributed by atoms with E-state index in [9.17, 15) is 4.79 Å². The van der Waals surface area contributed by atoms with Gasteiger partial charge in [-0.1, -0.05) is 22.9 Å². The lowest BCUT2D eigenvalue weighted by Crippen LogP contribution is -2.44. The molecule has 11 heavy (non-hydrogen) atoms. The van der Waals surface area contributed by atoms with Crippen LogP contribution in [-0.2, 0) is 4.79 Å². The van der Waals surface area contributed by atoms with Crippen LogP contribution in [0.3, 0.4) is 0 Å². The fourth-order valence-electron chi connectivity index (χ4n) is 0.633. The standard InChI is InChI=1S/C8H16BrNO/c1-5-6(9)7(11)10-8(2,3)4/h6H,5H2,1-4H3,(H,10,11)/t6-/m1/s1. The number of hydrogen-bond acceptors (Lipinski definition) is 1. The Hall–Kier alpha value is -0.0500. The first-order valence-corrected chi connectivity index (χ1v) is 4.74. The van der Waals surface area contributed by atoms with E-state index in [1.165, 1.54) is 0 Å². The van der Waals surface area contributed by atoms with Gasteiger partial charge in [-0.3, -0.25) is 4.79 Å². The Balaban J connectivity index is 3.88. The van der Waals surface area contributed by atoms with Gasteiger partial charge in [-0.05, 0) is 27.2 Å². The second-order valence-electron chi connectivity index (χ2n) is 3.62. The van der Waals surface area contributed by atoms with Crippen LogP contribution >= 0.6 is 15.9 Å². The molecule has 0 spiro atoms. The first-order valence-electron chi connectivity index (χ1n) is 3.83. The summed E-state index contributed by atoms with van der Waals surface area (Å²) in [6.07, 6.45) is 0.821. The van der Waals surface area contributed by atoms with Crippen molar-refractivity contribution in [2.45, 2.75) is 44.5 Å². The smallest absolute Gasteiger partial charge is 0.234 e. The number of alkyl halides is 1. The van der Waals surface area contributed by atoms with Gasteiger partial charge in [0.2, 0.25) is 5.91 Å². The van der Waals surface area contributed by atoms with Gasteiger partial charge in [0.25, 0.3) is 0 Å². The molecular formula is C8H16BrNO. The SMILES string of the molecule is CC[C@@H](Br)C(=O)NC(C)(C)C. The van der Waals surface area contributed by atoms with Crippen LogP contribution < -0.4 is 5.32 Å². The second-order valence-corrected chi connectivity index (χ2v) is 4.72. The van der Waals surface area contributed by atoms with Gasteiger partial charge in [-0.15, -0.1) is 0 Å². The van der Waals surface area contributed by atoms with E-state index in [4.69, 9.17) is 0 Å². The summed E-state index contributed by atoms with van der Waals surface area (Å²) in [5, 5.41) is 2.88. The maximum atomic E-state index is 11.2. The highest BCUT2D eigenvalue weighted by molar-refractivity contribution is 9.10. The van der Waals surface area contributed by atoms with E-state index < -0.39 is 0 Å². The molecule has 0 aliphatic carbocycles. The van der Waals surface area contributed by atoms with Crippen molar-refractivity contribution in [3.63, 3.8) is 0 Å². The highest BCUT2D eigenvalue weighted by Crippen LogP contribution is 2.07. The maximum absolute atomic E-state index is 11.2. The summed E-state index contributed by atoms with van der Waals surface area (Å²) in [5.74, 6) is 0.0694. The van der Waals surface area contributed by atoms with Gasteiger partial charge in [-0.25, -0.2) is 0 Å². The molecule has 0 heterocycles. The lowest BCUT2D eigenvalue weighted by molar-refractivity contribution is -0.121. The van der Waals surface area contributed by atoms with E-state index >= 15 is 0 Å². The molecular weight excluding hydrogens is 206 g/mol. The van der Waals surface area contributed by atoms with E-state index in [-0.39, 0.29) is 16.3 Å². The third-order valence-electron chi connectivity index (χ3n) is 1.14. The summed E-state index contributed by atoms with van der Waals surface area (Å²) in [6, 6.07) is 0. The van der Waals surface area contributed by atoms with Gasteiger partial charge in [-0.2, -0.15) is 0 Å². The molecule has 2 nitrogen and oxygen atoms in total.